The van der Waals surface area contributed by atoms with E-state index in [9.17, 15) is 4.79 Å². The number of para-hydroxylation sites is 1. The number of ether oxygens (including phenoxy) is 2. The number of nitrogens with one attached hydrogen (secondary N) is 1. The van der Waals surface area contributed by atoms with E-state index in [4.69, 9.17) is 9.47 Å². The Bertz CT molecular complexity index is 363. The fourth-order valence-corrected chi connectivity index (χ4v) is 1.45. The second-order valence-electron chi connectivity index (χ2n) is 3.98. The minimum absolute atomic E-state index is 0.0847. The van der Waals surface area contributed by atoms with Crippen molar-refractivity contribution in [2.45, 2.75) is 26.6 Å². The smallest absolute Gasteiger partial charge is 0.325 e. The Hall–Kier alpha value is -1.55. The summed E-state index contributed by atoms with van der Waals surface area (Å²) in [6.07, 6.45) is -0.0847. The minimum atomic E-state index is -0.257. The first-order chi connectivity index (χ1) is 8.13. The molecule has 0 saturated carbocycles. The molecule has 4 heteroatoms. The fraction of sp³-hybridized carbons (Fsp3) is 0.462. The molecule has 4 nitrogen and oxygen atoms in total. The Morgan fingerprint density at radius 3 is 2.71 bits per heavy atom. The van der Waals surface area contributed by atoms with Gasteiger partial charge in [0.05, 0.1) is 12.7 Å². The van der Waals surface area contributed by atoms with Crippen LogP contribution in [0, 0.1) is 0 Å². The molecule has 0 atom stereocenters. The fourth-order valence-electron chi connectivity index (χ4n) is 1.45. The van der Waals surface area contributed by atoms with Crippen molar-refractivity contribution in [1.82, 2.24) is 0 Å². The molecular weight excluding hydrogens is 218 g/mol. The zero-order valence-corrected chi connectivity index (χ0v) is 10.5. The molecule has 1 rings (SSSR count). The van der Waals surface area contributed by atoms with E-state index in [0.717, 1.165) is 11.3 Å². The van der Waals surface area contributed by atoms with Crippen LogP contribution in [-0.2, 0) is 20.9 Å². The molecule has 0 aromatic heterocycles. The maximum absolute atomic E-state index is 11.4. The highest BCUT2D eigenvalue weighted by Crippen LogP contribution is 2.15. The van der Waals surface area contributed by atoms with Gasteiger partial charge in [-0.2, -0.15) is 0 Å². The molecule has 0 saturated heterocycles. The van der Waals surface area contributed by atoms with Gasteiger partial charge in [0.2, 0.25) is 0 Å². The number of hydrogen-bond acceptors (Lipinski definition) is 4. The van der Waals surface area contributed by atoms with Gasteiger partial charge >= 0.3 is 5.97 Å². The lowest BCUT2D eigenvalue weighted by atomic mass is 10.2. The predicted octanol–water partition coefficient (Wildman–Crippen LogP) is 2.20. The molecule has 0 unspecified atom stereocenters. The van der Waals surface area contributed by atoms with Crippen LogP contribution < -0.4 is 5.32 Å². The summed E-state index contributed by atoms with van der Waals surface area (Å²) in [5, 5.41) is 3.05. The number of anilines is 1. The van der Waals surface area contributed by atoms with E-state index in [1.165, 1.54) is 0 Å². The van der Waals surface area contributed by atoms with Crippen molar-refractivity contribution in [2.75, 3.05) is 19.0 Å². The van der Waals surface area contributed by atoms with Crippen molar-refractivity contribution in [3.05, 3.63) is 29.8 Å². The lowest BCUT2D eigenvalue weighted by Gasteiger charge is -2.12. The molecule has 0 fully saturated rings. The maximum atomic E-state index is 11.4. The molecule has 0 aliphatic rings. The summed E-state index contributed by atoms with van der Waals surface area (Å²) in [5.41, 5.74) is 1.92. The van der Waals surface area contributed by atoms with Crippen LogP contribution in [-0.4, -0.2) is 25.7 Å². The summed E-state index contributed by atoms with van der Waals surface area (Å²) >= 11 is 0. The van der Waals surface area contributed by atoms with Gasteiger partial charge < -0.3 is 14.8 Å². The SMILES string of the molecule is COCc1ccccc1NCC(=O)OC(C)C. The van der Waals surface area contributed by atoms with Crippen molar-refractivity contribution in [2.24, 2.45) is 0 Å². The lowest BCUT2D eigenvalue weighted by Crippen LogP contribution is -2.20. The van der Waals surface area contributed by atoms with Crippen molar-refractivity contribution in [3.63, 3.8) is 0 Å². The third kappa shape index (κ3) is 4.87. The summed E-state index contributed by atoms with van der Waals surface area (Å²) in [7, 11) is 1.64. The van der Waals surface area contributed by atoms with Crippen molar-refractivity contribution >= 4 is 11.7 Å². The zero-order chi connectivity index (χ0) is 12.7. The highest BCUT2D eigenvalue weighted by molar-refractivity contribution is 5.75. The number of esters is 1. The van der Waals surface area contributed by atoms with E-state index in [1.807, 2.05) is 38.1 Å². The Balaban J connectivity index is 2.53. The Morgan fingerprint density at radius 1 is 1.35 bits per heavy atom. The van der Waals surface area contributed by atoms with Gasteiger partial charge in [0.1, 0.15) is 6.54 Å². The molecule has 1 N–H and O–H groups in total. The standard InChI is InChI=1S/C13H19NO3/c1-10(2)17-13(15)8-14-12-7-5-4-6-11(12)9-16-3/h4-7,10,14H,8-9H2,1-3H3. The molecule has 0 spiro atoms. The van der Waals surface area contributed by atoms with Gasteiger partial charge in [-0.1, -0.05) is 18.2 Å². The molecule has 1 aromatic carbocycles. The van der Waals surface area contributed by atoms with Crippen molar-refractivity contribution < 1.29 is 14.3 Å². The van der Waals surface area contributed by atoms with Crippen LogP contribution in [0.4, 0.5) is 5.69 Å². The second kappa shape index (κ2) is 6.91. The normalized spacial score (nSPS) is 10.4. The average molecular weight is 237 g/mol. The largest absolute Gasteiger partial charge is 0.462 e. The summed E-state index contributed by atoms with van der Waals surface area (Å²) in [4.78, 5) is 11.4. The quantitative estimate of drug-likeness (QED) is 0.770. The zero-order valence-electron chi connectivity index (χ0n) is 10.5. The van der Waals surface area contributed by atoms with E-state index in [2.05, 4.69) is 5.32 Å². The van der Waals surface area contributed by atoms with Crippen LogP contribution in [0.15, 0.2) is 24.3 Å². The number of carbonyl (C=O) groups is 1. The Morgan fingerprint density at radius 2 is 2.06 bits per heavy atom. The third-order valence-electron chi connectivity index (χ3n) is 2.11. The van der Waals surface area contributed by atoms with E-state index in [-0.39, 0.29) is 18.6 Å². The molecule has 1 aromatic rings. The van der Waals surface area contributed by atoms with Crippen molar-refractivity contribution in [1.29, 1.82) is 0 Å². The molecule has 0 aliphatic heterocycles. The molecule has 94 valence electrons. The summed E-state index contributed by atoms with van der Waals surface area (Å²) < 4.78 is 10.1. The summed E-state index contributed by atoms with van der Waals surface area (Å²) in [5.74, 6) is -0.257. The molecule has 17 heavy (non-hydrogen) atoms. The molecular formula is C13H19NO3. The molecule has 0 radical (unpaired) electrons. The van der Waals surface area contributed by atoms with Crippen LogP contribution >= 0.6 is 0 Å². The lowest BCUT2D eigenvalue weighted by molar-refractivity contribution is -0.145. The summed E-state index contributed by atoms with van der Waals surface area (Å²) in [6.45, 7) is 4.34. The van der Waals surface area contributed by atoms with Crippen LogP contribution in [0.1, 0.15) is 19.4 Å². The van der Waals surface area contributed by atoms with Crippen LogP contribution in [0.5, 0.6) is 0 Å². The topological polar surface area (TPSA) is 47.6 Å². The van der Waals surface area contributed by atoms with Crippen LogP contribution in [0.3, 0.4) is 0 Å². The monoisotopic (exact) mass is 237 g/mol. The van der Waals surface area contributed by atoms with Gasteiger partial charge in [-0.3, -0.25) is 4.79 Å². The van der Waals surface area contributed by atoms with E-state index in [0.29, 0.717) is 6.61 Å². The number of rotatable bonds is 6. The molecule has 0 bridgehead atoms. The first-order valence-electron chi connectivity index (χ1n) is 5.63. The predicted molar refractivity (Wildman–Crippen MR) is 66.9 cm³/mol. The van der Waals surface area contributed by atoms with Gasteiger partial charge in [0.25, 0.3) is 0 Å². The number of methoxy groups -OCH3 is 1. The Labute approximate surface area is 102 Å². The van der Waals surface area contributed by atoms with Crippen LogP contribution in [0.25, 0.3) is 0 Å². The van der Waals surface area contributed by atoms with E-state index in [1.54, 1.807) is 7.11 Å². The van der Waals surface area contributed by atoms with E-state index < -0.39 is 0 Å². The van der Waals surface area contributed by atoms with Gasteiger partial charge in [-0.05, 0) is 19.9 Å². The maximum Gasteiger partial charge on any atom is 0.325 e. The number of hydrogen-bond donors (Lipinski definition) is 1. The van der Waals surface area contributed by atoms with Crippen molar-refractivity contribution in [3.8, 4) is 0 Å². The number of benzene rings is 1. The molecule has 0 aliphatic carbocycles. The summed E-state index contributed by atoms with van der Waals surface area (Å²) in [6, 6.07) is 7.72. The molecule has 0 heterocycles. The first kappa shape index (κ1) is 13.5. The van der Waals surface area contributed by atoms with E-state index >= 15 is 0 Å². The Kier molecular flexibility index (Phi) is 5.49. The van der Waals surface area contributed by atoms with Gasteiger partial charge in [-0.15, -0.1) is 0 Å². The molecule has 0 amide bonds. The minimum Gasteiger partial charge on any atom is -0.462 e. The second-order valence-corrected chi connectivity index (χ2v) is 3.98. The van der Waals surface area contributed by atoms with Gasteiger partial charge in [-0.25, -0.2) is 0 Å². The number of carbonyl (C=O) groups excluding carboxylic acids is 1. The van der Waals surface area contributed by atoms with Gasteiger partial charge in [0, 0.05) is 18.4 Å². The third-order valence-corrected chi connectivity index (χ3v) is 2.11. The average Bonchev–Trinajstić information content (AvgIpc) is 2.27. The van der Waals surface area contributed by atoms with Gasteiger partial charge in [0.15, 0.2) is 0 Å². The van der Waals surface area contributed by atoms with Crippen LogP contribution in [0.2, 0.25) is 0 Å². The highest BCUT2D eigenvalue weighted by atomic mass is 16.5. The first-order valence-corrected chi connectivity index (χ1v) is 5.63. The highest BCUT2D eigenvalue weighted by Gasteiger charge is 2.06.